The normalized spacial score (nSPS) is 13.7. The summed E-state index contributed by atoms with van der Waals surface area (Å²) in [7, 11) is 1.40. The maximum atomic E-state index is 11.6. The average Bonchev–Trinajstić information content (AvgIpc) is 2.55. The number of hydrogen-bond acceptors (Lipinski definition) is 3. The molecular weight excluding hydrogens is 321 g/mol. The SMILES string of the molecule is COC(=O)c1ccc2c(c1)CCN(c1ccc(Cl)c(Cl)c1)C2. The molecule has 2 aromatic carbocycles. The third kappa shape index (κ3) is 2.92. The Morgan fingerprint density at radius 1 is 1.09 bits per heavy atom. The molecule has 0 aromatic heterocycles. The van der Waals surface area contributed by atoms with Crippen molar-refractivity contribution >= 4 is 34.9 Å². The highest BCUT2D eigenvalue weighted by molar-refractivity contribution is 6.42. The summed E-state index contributed by atoms with van der Waals surface area (Å²) in [6.45, 7) is 1.66. The number of methoxy groups -OCH3 is 1. The lowest BCUT2D eigenvalue weighted by Gasteiger charge is -2.31. The first-order valence-electron chi connectivity index (χ1n) is 6.98. The van der Waals surface area contributed by atoms with Crippen LogP contribution in [0.3, 0.4) is 0 Å². The summed E-state index contributed by atoms with van der Waals surface area (Å²) in [6, 6.07) is 11.4. The molecule has 0 aliphatic carbocycles. The summed E-state index contributed by atoms with van der Waals surface area (Å²) in [6.07, 6.45) is 0.875. The Morgan fingerprint density at radius 2 is 1.91 bits per heavy atom. The van der Waals surface area contributed by atoms with Crippen LogP contribution in [0.15, 0.2) is 36.4 Å². The first-order chi connectivity index (χ1) is 10.6. The number of carbonyl (C=O) groups is 1. The van der Waals surface area contributed by atoms with Crippen LogP contribution >= 0.6 is 23.2 Å². The van der Waals surface area contributed by atoms with Crippen molar-refractivity contribution in [1.82, 2.24) is 0 Å². The fourth-order valence-corrected chi connectivity index (χ4v) is 2.99. The number of benzene rings is 2. The molecule has 0 atom stereocenters. The summed E-state index contributed by atoms with van der Waals surface area (Å²) in [5.74, 6) is -0.297. The number of rotatable bonds is 2. The van der Waals surface area contributed by atoms with Gasteiger partial charge in [0, 0.05) is 18.8 Å². The van der Waals surface area contributed by atoms with Crippen LogP contribution in [0.2, 0.25) is 10.0 Å². The van der Waals surface area contributed by atoms with Crippen molar-refractivity contribution in [3.8, 4) is 0 Å². The van der Waals surface area contributed by atoms with Gasteiger partial charge in [0.25, 0.3) is 0 Å². The van der Waals surface area contributed by atoms with Crippen LogP contribution < -0.4 is 4.90 Å². The minimum atomic E-state index is -0.297. The molecule has 0 saturated carbocycles. The van der Waals surface area contributed by atoms with Gasteiger partial charge in [-0.2, -0.15) is 0 Å². The first-order valence-corrected chi connectivity index (χ1v) is 7.74. The van der Waals surface area contributed by atoms with Gasteiger partial charge in [0.15, 0.2) is 0 Å². The average molecular weight is 336 g/mol. The highest BCUT2D eigenvalue weighted by atomic mass is 35.5. The molecule has 0 fully saturated rings. The third-order valence-electron chi connectivity index (χ3n) is 3.91. The Labute approximate surface area is 139 Å². The molecule has 3 rings (SSSR count). The monoisotopic (exact) mass is 335 g/mol. The number of halogens is 2. The maximum Gasteiger partial charge on any atom is 0.337 e. The number of ether oxygens (including phenoxy) is 1. The molecule has 2 aromatic rings. The van der Waals surface area contributed by atoms with E-state index in [9.17, 15) is 4.79 Å². The van der Waals surface area contributed by atoms with Crippen molar-refractivity contribution in [2.45, 2.75) is 13.0 Å². The van der Waals surface area contributed by atoms with Crippen LogP contribution in [-0.2, 0) is 17.7 Å². The van der Waals surface area contributed by atoms with E-state index in [1.165, 1.54) is 18.2 Å². The molecule has 22 heavy (non-hydrogen) atoms. The molecule has 0 saturated heterocycles. The van der Waals surface area contributed by atoms with Crippen LogP contribution in [-0.4, -0.2) is 19.6 Å². The summed E-state index contributed by atoms with van der Waals surface area (Å²) in [5.41, 5.74) is 4.06. The van der Waals surface area contributed by atoms with Gasteiger partial charge in [-0.15, -0.1) is 0 Å². The molecule has 5 heteroatoms. The van der Waals surface area contributed by atoms with E-state index >= 15 is 0 Å². The number of nitrogens with zero attached hydrogens (tertiary/aromatic N) is 1. The second-order valence-corrected chi connectivity index (χ2v) is 6.06. The number of fused-ring (bicyclic) bond motifs is 1. The summed E-state index contributed by atoms with van der Waals surface area (Å²) in [5, 5.41) is 1.12. The molecule has 0 unspecified atom stereocenters. The Hall–Kier alpha value is -1.71. The Bertz CT molecular complexity index is 731. The van der Waals surface area contributed by atoms with Gasteiger partial charge in [0.1, 0.15) is 0 Å². The lowest BCUT2D eigenvalue weighted by atomic mass is 9.97. The fraction of sp³-hybridized carbons (Fsp3) is 0.235. The van der Waals surface area contributed by atoms with Gasteiger partial charge in [0.2, 0.25) is 0 Å². The van der Waals surface area contributed by atoms with Crippen molar-refractivity contribution in [2.75, 3.05) is 18.6 Å². The predicted octanol–water partition coefficient (Wildman–Crippen LogP) is 4.34. The van der Waals surface area contributed by atoms with E-state index < -0.39 is 0 Å². The maximum absolute atomic E-state index is 11.6. The second kappa shape index (κ2) is 6.19. The van der Waals surface area contributed by atoms with E-state index in [1.807, 2.05) is 36.4 Å². The summed E-state index contributed by atoms with van der Waals surface area (Å²) < 4.78 is 4.77. The lowest BCUT2D eigenvalue weighted by Crippen LogP contribution is -2.30. The van der Waals surface area contributed by atoms with Crippen LogP contribution in [0.5, 0.6) is 0 Å². The fourth-order valence-electron chi connectivity index (χ4n) is 2.70. The third-order valence-corrected chi connectivity index (χ3v) is 4.65. The van der Waals surface area contributed by atoms with Gasteiger partial charge in [-0.3, -0.25) is 0 Å². The zero-order chi connectivity index (χ0) is 15.7. The van der Waals surface area contributed by atoms with Crippen LogP contribution in [0.1, 0.15) is 21.5 Å². The molecule has 114 valence electrons. The Morgan fingerprint density at radius 3 is 2.64 bits per heavy atom. The van der Waals surface area contributed by atoms with E-state index in [1.54, 1.807) is 0 Å². The number of esters is 1. The molecule has 0 radical (unpaired) electrons. The quantitative estimate of drug-likeness (QED) is 0.764. The number of hydrogen-bond donors (Lipinski definition) is 0. The van der Waals surface area contributed by atoms with Crippen molar-refractivity contribution in [3.05, 3.63) is 63.1 Å². The van der Waals surface area contributed by atoms with Crippen molar-refractivity contribution in [3.63, 3.8) is 0 Å². The van der Waals surface area contributed by atoms with E-state index in [0.717, 1.165) is 25.2 Å². The lowest BCUT2D eigenvalue weighted by molar-refractivity contribution is 0.0600. The van der Waals surface area contributed by atoms with Gasteiger partial charge in [-0.1, -0.05) is 29.3 Å². The van der Waals surface area contributed by atoms with Gasteiger partial charge >= 0.3 is 5.97 Å². The zero-order valence-electron chi connectivity index (χ0n) is 12.1. The molecule has 1 heterocycles. The molecule has 0 amide bonds. The van der Waals surface area contributed by atoms with Crippen molar-refractivity contribution < 1.29 is 9.53 Å². The van der Waals surface area contributed by atoms with Gasteiger partial charge in [0.05, 0.1) is 22.7 Å². The van der Waals surface area contributed by atoms with Crippen molar-refractivity contribution in [2.24, 2.45) is 0 Å². The van der Waals surface area contributed by atoms with Crippen molar-refractivity contribution in [1.29, 1.82) is 0 Å². The second-order valence-electron chi connectivity index (χ2n) is 5.25. The van der Waals surface area contributed by atoms with Gasteiger partial charge < -0.3 is 9.64 Å². The summed E-state index contributed by atoms with van der Waals surface area (Å²) >= 11 is 12.1. The molecule has 0 bridgehead atoms. The van der Waals surface area contributed by atoms with Crippen LogP contribution in [0.25, 0.3) is 0 Å². The van der Waals surface area contributed by atoms with Gasteiger partial charge in [-0.05, 0) is 47.9 Å². The largest absolute Gasteiger partial charge is 0.465 e. The molecule has 3 nitrogen and oxygen atoms in total. The minimum absolute atomic E-state index is 0.297. The molecule has 1 aliphatic rings. The topological polar surface area (TPSA) is 29.5 Å². The zero-order valence-corrected chi connectivity index (χ0v) is 13.6. The highest BCUT2D eigenvalue weighted by Crippen LogP contribution is 2.30. The summed E-state index contributed by atoms with van der Waals surface area (Å²) in [4.78, 5) is 13.8. The molecule has 0 N–H and O–H groups in total. The van der Waals surface area contributed by atoms with Crippen LogP contribution in [0, 0.1) is 0 Å². The molecule has 1 aliphatic heterocycles. The van der Waals surface area contributed by atoms with E-state index in [4.69, 9.17) is 27.9 Å². The van der Waals surface area contributed by atoms with E-state index in [2.05, 4.69) is 4.90 Å². The van der Waals surface area contributed by atoms with Crippen LogP contribution in [0.4, 0.5) is 5.69 Å². The molecular formula is C17H15Cl2NO2. The Balaban J connectivity index is 1.84. The van der Waals surface area contributed by atoms with E-state index in [0.29, 0.717) is 15.6 Å². The number of anilines is 1. The number of carbonyl (C=O) groups excluding carboxylic acids is 1. The predicted molar refractivity (Wildman–Crippen MR) is 89.0 cm³/mol. The van der Waals surface area contributed by atoms with E-state index in [-0.39, 0.29) is 5.97 Å². The van der Waals surface area contributed by atoms with Gasteiger partial charge in [-0.25, -0.2) is 4.79 Å². The standard InChI is InChI=1S/C17H15Cl2NO2/c1-22-17(21)12-2-3-13-10-20(7-6-11(13)8-12)14-4-5-15(18)16(19)9-14/h2-5,8-9H,6-7,10H2,1H3. The smallest absolute Gasteiger partial charge is 0.337 e. The first kappa shape index (κ1) is 15.2. The molecule has 0 spiro atoms. The highest BCUT2D eigenvalue weighted by Gasteiger charge is 2.19. The Kier molecular flexibility index (Phi) is 4.27. The minimum Gasteiger partial charge on any atom is -0.465 e.